The maximum atomic E-state index is 12.0. The fourth-order valence-electron chi connectivity index (χ4n) is 2.11. The van der Waals surface area contributed by atoms with Gasteiger partial charge in [0, 0.05) is 19.7 Å². The zero-order valence-corrected chi connectivity index (χ0v) is 10.6. The Morgan fingerprint density at radius 1 is 1.00 bits per heavy atom. The van der Waals surface area contributed by atoms with Crippen LogP contribution in [0.15, 0.2) is 50.4 Å². The number of aromatic nitrogens is 2. The molecular formula is C14H12N2O3. The molecule has 0 atom stereocenters. The Balaban J connectivity index is 2.40. The van der Waals surface area contributed by atoms with Gasteiger partial charge in [-0.25, -0.2) is 4.79 Å². The van der Waals surface area contributed by atoms with Gasteiger partial charge in [-0.1, -0.05) is 30.3 Å². The quantitative estimate of drug-likeness (QED) is 0.663. The number of benzene rings is 1. The Morgan fingerprint density at radius 3 is 2.37 bits per heavy atom. The molecule has 0 fully saturated rings. The van der Waals surface area contributed by atoms with Gasteiger partial charge in [-0.2, -0.15) is 0 Å². The number of hydrogen-bond acceptors (Lipinski definition) is 3. The second kappa shape index (κ2) is 3.98. The predicted octanol–water partition coefficient (Wildman–Crippen LogP) is 1.50. The van der Waals surface area contributed by atoms with Crippen LogP contribution in [0.3, 0.4) is 0 Å². The van der Waals surface area contributed by atoms with Crippen LogP contribution < -0.4 is 11.2 Å². The third-order valence-corrected chi connectivity index (χ3v) is 3.18. The Bertz CT molecular complexity index is 869. The number of aryl methyl sites for hydroxylation is 1. The van der Waals surface area contributed by atoms with E-state index in [0.29, 0.717) is 16.9 Å². The van der Waals surface area contributed by atoms with Crippen LogP contribution >= 0.6 is 0 Å². The Morgan fingerprint density at radius 2 is 1.68 bits per heavy atom. The summed E-state index contributed by atoms with van der Waals surface area (Å²) in [6, 6.07) is 11.1. The molecule has 5 nitrogen and oxygen atoms in total. The SMILES string of the molecule is Cn1c(=O)c2cc(-c3ccccc3)oc2n(C)c1=O. The summed E-state index contributed by atoms with van der Waals surface area (Å²) in [5.41, 5.74) is 0.427. The minimum atomic E-state index is -0.397. The summed E-state index contributed by atoms with van der Waals surface area (Å²) in [4.78, 5) is 23.9. The van der Waals surface area contributed by atoms with E-state index < -0.39 is 5.69 Å². The van der Waals surface area contributed by atoms with Crippen molar-refractivity contribution in [1.82, 2.24) is 9.13 Å². The largest absolute Gasteiger partial charge is 0.439 e. The second-order valence-corrected chi connectivity index (χ2v) is 4.40. The average molecular weight is 256 g/mol. The molecule has 0 aliphatic heterocycles. The highest BCUT2D eigenvalue weighted by Gasteiger charge is 2.14. The first-order chi connectivity index (χ1) is 9.09. The molecule has 19 heavy (non-hydrogen) atoms. The second-order valence-electron chi connectivity index (χ2n) is 4.40. The molecule has 0 N–H and O–H groups in total. The molecule has 0 aliphatic rings. The molecule has 1 aromatic carbocycles. The van der Waals surface area contributed by atoms with Crippen LogP contribution in [0.5, 0.6) is 0 Å². The minimum absolute atomic E-state index is 0.298. The molecule has 0 aliphatic carbocycles. The van der Waals surface area contributed by atoms with Crippen molar-refractivity contribution in [3.05, 3.63) is 57.2 Å². The van der Waals surface area contributed by atoms with Gasteiger partial charge in [0.1, 0.15) is 11.1 Å². The summed E-state index contributed by atoms with van der Waals surface area (Å²) in [6.45, 7) is 0. The number of hydrogen-bond donors (Lipinski definition) is 0. The van der Waals surface area contributed by atoms with Crippen LogP contribution in [-0.2, 0) is 14.1 Å². The van der Waals surface area contributed by atoms with Crippen molar-refractivity contribution < 1.29 is 4.42 Å². The van der Waals surface area contributed by atoms with Gasteiger partial charge in [-0.05, 0) is 6.07 Å². The molecule has 0 unspecified atom stereocenters. The minimum Gasteiger partial charge on any atom is -0.439 e. The fraction of sp³-hybridized carbons (Fsp3) is 0.143. The molecule has 5 heteroatoms. The molecule has 0 saturated heterocycles. The van der Waals surface area contributed by atoms with E-state index in [2.05, 4.69) is 0 Å². The van der Waals surface area contributed by atoms with E-state index in [1.807, 2.05) is 30.3 Å². The van der Waals surface area contributed by atoms with E-state index >= 15 is 0 Å². The number of nitrogens with zero attached hydrogens (tertiary/aromatic N) is 2. The summed E-state index contributed by atoms with van der Waals surface area (Å²) >= 11 is 0. The summed E-state index contributed by atoms with van der Waals surface area (Å²) < 4.78 is 8.06. The predicted molar refractivity (Wildman–Crippen MR) is 72.1 cm³/mol. The van der Waals surface area contributed by atoms with Gasteiger partial charge in [0.2, 0.25) is 5.71 Å². The van der Waals surface area contributed by atoms with E-state index in [9.17, 15) is 9.59 Å². The first-order valence-corrected chi connectivity index (χ1v) is 5.84. The third kappa shape index (κ3) is 1.62. The molecule has 0 bridgehead atoms. The van der Waals surface area contributed by atoms with E-state index in [0.717, 1.165) is 10.1 Å². The monoisotopic (exact) mass is 256 g/mol. The zero-order valence-electron chi connectivity index (χ0n) is 10.6. The van der Waals surface area contributed by atoms with Crippen molar-refractivity contribution >= 4 is 11.1 Å². The van der Waals surface area contributed by atoms with Crippen LogP contribution in [0, 0.1) is 0 Å². The van der Waals surface area contributed by atoms with Crippen molar-refractivity contribution in [2.24, 2.45) is 14.1 Å². The lowest BCUT2D eigenvalue weighted by Crippen LogP contribution is -2.36. The topological polar surface area (TPSA) is 57.1 Å². The lowest BCUT2D eigenvalue weighted by atomic mass is 10.2. The first-order valence-electron chi connectivity index (χ1n) is 5.84. The average Bonchev–Trinajstić information content (AvgIpc) is 2.89. The Labute approximate surface area is 108 Å². The molecule has 0 saturated carbocycles. The summed E-state index contributed by atoms with van der Waals surface area (Å²) in [5, 5.41) is 0.406. The van der Waals surface area contributed by atoms with E-state index in [-0.39, 0.29) is 5.56 Å². The van der Waals surface area contributed by atoms with E-state index in [1.165, 1.54) is 11.6 Å². The molecule has 3 rings (SSSR count). The normalized spacial score (nSPS) is 11.1. The van der Waals surface area contributed by atoms with Gasteiger partial charge in [0.25, 0.3) is 5.56 Å². The van der Waals surface area contributed by atoms with Crippen molar-refractivity contribution in [3.63, 3.8) is 0 Å². The molecule has 2 aromatic heterocycles. The maximum Gasteiger partial charge on any atom is 0.333 e. The lowest BCUT2D eigenvalue weighted by Gasteiger charge is -2.01. The summed E-state index contributed by atoms with van der Waals surface area (Å²) in [6.07, 6.45) is 0. The molecular weight excluding hydrogens is 244 g/mol. The highest BCUT2D eigenvalue weighted by molar-refractivity contribution is 5.79. The Kier molecular flexibility index (Phi) is 2.41. The van der Waals surface area contributed by atoms with Crippen LogP contribution in [-0.4, -0.2) is 9.13 Å². The highest BCUT2D eigenvalue weighted by atomic mass is 16.3. The lowest BCUT2D eigenvalue weighted by molar-refractivity contribution is 0.575. The summed E-state index contributed by atoms with van der Waals surface area (Å²) in [5.74, 6) is 0.578. The van der Waals surface area contributed by atoms with Gasteiger partial charge in [-0.3, -0.25) is 13.9 Å². The molecule has 2 heterocycles. The van der Waals surface area contributed by atoms with Crippen molar-refractivity contribution in [2.75, 3.05) is 0 Å². The third-order valence-electron chi connectivity index (χ3n) is 3.18. The van der Waals surface area contributed by atoms with Gasteiger partial charge < -0.3 is 4.42 Å². The maximum absolute atomic E-state index is 12.0. The molecule has 3 aromatic rings. The summed E-state index contributed by atoms with van der Waals surface area (Å²) in [7, 11) is 3.04. The van der Waals surface area contributed by atoms with Gasteiger partial charge >= 0.3 is 5.69 Å². The van der Waals surface area contributed by atoms with Crippen LogP contribution in [0.4, 0.5) is 0 Å². The van der Waals surface area contributed by atoms with Crippen LogP contribution in [0.25, 0.3) is 22.4 Å². The van der Waals surface area contributed by atoms with Gasteiger partial charge in [0.15, 0.2) is 0 Å². The molecule has 0 radical (unpaired) electrons. The van der Waals surface area contributed by atoms with Crippen molar-refractivity contribution in [3.8, 4) is 11.3 Å². The first kappa shape index (κ1) is 11.5. The number of rotatable bonds is 1. The van der Waals surface area contributed by atoms with E-state index in [1.54, 1.807) is 13.1 Å². The Hall–Kier alpha value is -2.56. The molecule has 0 amide bonds. The highest BCUT2D eigenvalue weighted by Crippen LogP contribution is 2.24. The van der Waals surface area contributed by atoms with Crippen molar-refractivity contribution in [1.29, 1.82) is 0 Å². The number of fused-ring (bicyclic) bond motifs is 1. The fourth-order valence-corrected chi connectivity index (χ4v) is 2.11. The molecule has 96 valence electrons. The smallest absolute Gasteiger partial charge is 0.333 e. The van der Waals surface area contributed by atoms with Crippen LogP contribution in [0.1, 0.15) is 0 Å². The van der Waals surface area contributed by atoms with Gasteiger partial charge in [0.05, 0.1) is 0 Å². The zero-order chi connectivity index (χ0) is 13.6. The standard InChI is InChI=1S/C14H12N2O3/c1-15-12(17)10-8-11(9-6-4-3-5-7-9)19-13(10)16(2)14(15)18/h3-8H,1-2H3. The van der Waals surface area contributed by atoms with Gasteiger partial charge in [-0.15, -0.1) is 0 Å². The van der Waals surface area contributed by atoms with Crippen LogP contribution in [0.2, 0.25) is 0 Å². The molecule has 0 spiro atoms. The van der Waals surface area contributed by atoms with Crippen molar-refractivity contribution in [2.45, 2.75) is 0 Å². The number of furan rings is 1. The van der Waals surface area contributed by atoms with E-state index in [4.69, 9.17) is 4.42 Å².